The van der Waals surface area contributed by atoms with Gasteiger partial charge < -0.3 is 19.7 Å². The maximum absolute atomic E-state index is 12.9. The molecule has 7 heteroatoms. The van der Waals surface area contributed by atoms with Gasteiger partial charge in [-0.15, -0.1) is 0 Å². The Hall–Kier alpha value is -2.73. The van der Waals surface area contributed by atoms with Crippen molar-refractivity contribution in [1.29, 1.82) is 0 Å². The van der Waals surface area contributed by atoms with Gasteiger partial charge in [0.25, 0.3) is 0 Å². The van der Waals surface area contributed by atoms with Crippen molar-refractivity contribution in [3.8, 4) is 17.2 Å². The number of methoxy groups -OCH3 is 1. The molecule has 0 atom stereocenters. The number of likely N-dealkylation sites (tertiary alicyclic amines) is 1. The molecule has 1 saturated heterocycles. The zero-order chi connectivity index (χ0) is 21.1. The van der Waals surface area contributed by atoms with E-state index in [4.69, 9.17) is 21.1 Å². The number of ether oxygens (including phenoxy) is 2. The highest BCUT2D eigenvalue weighted by Gasteiger charge is 2.36. The van der Waals surface area contributed by atoms with E-state index >= 15 is 0 Å². The number of carbonyl (C=O) groups excluding carboxylic acids is 2. The Balaban J connectivity index is 1.40. The SMILES string of the molecule is COc1ccc(Oc2ccc(Cl)cc2NC(=O)C2CCN(C(=O)C3CC3)CC2)cc1. The Morgan fingerprint density at radius 2 is 1.63 bits per heavy atom. The molecular formula is C23H25ClN2O4. The molecule has 1 heterocycles. The summed E-state index contributed by atoms with van der Waals surface area (Å²) in [4.78, 5) is 27.0. The van der Waals surface area contributed by atoms with Crippen molar-refractivity contribution in [1.82, 2.24) is 4.90 Å². The lowest BCUT2D eigenvalue weighted by Gasteiger charge is -2.31. The third-order valence-electron chi connectivity index (χ3n) is 5.59. The molecule has 0 aromatic heterocycles. The molecule has 1 N–H and O–H groups in total. The van der Waals surface area contributed by atoms with E-state index in [1.807, 2.05) is 4.90 Å². The van der Waals surface area contributed by atoms with Crippen LogP contribution < -0.4 is 14.8 Å². The number of halogens is 1. The summed E-state index contributed by atoms with van der Waals surface area (Å²) < 4.78 is 11.1. The molecule has 158 valence electrons. The van der Waals surface area contributed by atoms with Crippen LogP contribution in [0.1, 0.15) is 25.7 Å². The first-order valence-corrected chi connectivity index (χ1v) is 10.6. The first-order valence-electron chi connectivity index (χ1n) is 10.2. The number of nitrogens with one attached hydrogen (secondary N) is 1. The highest BCUT2D eigenvalue weighted by molar-refractivity contribution is 6.31. The molecule has 6 nitrogen and oxygen atoms in total. The third-order valence-corrected chi connectivity index (χ3v) is 5.83. The lowest BCUT2D eigenvalue weighted by molar-refractivity contribution is -0.135. The summed E-state index contributed by atoms with van der Waals surface area (Å²) in [6.07, 6.45) is 3.34. The molecule has 1 saturated carbocycles. The summed E-state index contributed by atoms with van der Waals surface area (Å²) in [5.41, 5.74) is 0.528. The maximum Gasteiger partial charge on any atom is 0.227 e. The number of piperidine rings is 1. The first kappa shape index (κ1) is 20.5. The summed E-state index contributed by atoms with van der Waals surface area (Å²) in [6, 6.07) is 12.3. The van der Waals surface area contributed by atoms with Gasteiger partial charge in [0, 0.05) is 29.9 Å². The van der Waals surface area contributed by atoms with Crippen molar-refractivity contribution in [3.63, 3.8) is 0 Å². The molecule has 2 amide bonds. The minimum Gasteiger partial charge on any atom is -0.497 e. The molecule has 2 aromatic carbocycles. The van der Waals surface area contributed by atoms with Gasteiger partial charge in [-0.05, 0) is 68.1 Å². The van der Waals surface area contributed by atoms with E-state index in [1.54, 1.807) is 49.6 Å². The van der Waals surface area contributed by atoms with Crippen LogP contribution in [0.5, 0.6) is 17.2 Å². The number of amides is 2. The predicted octanol–water partition coefficient (Wildman–Crippen LogP) is 4.73. The summed E-state index contributed by atoms with van der Waals surface area (Å²) >= 11 is 6.15. The van der Waals surface area contributed by atoms with Crippen LogP contribution in [-0.2, 0) is 9.59 Å². The molecule has 4 rings (SSSR count). The van der Waals surface area contributed by atoms with Crippen LogP contribution in [-0.4, -0.2) is 36.9 Å². The normalized spacial score (nSPS) is 16.8. The van der Waals surface area contributed by atoms with Crippen LogP contribution in [0.4, 0.5) is 5.69 Å². The summed E-state index contributed by atoms with van der Waals surface area (Å²) in [6.45, 7) is 1.27. The van der Waals surface area contributed by atoms with E-state index in [0.29, 0.717) is 48.1 Å². The average molecular weight is 429 g/mol. The van der Waals surface area contributed by atoms with Crippen molar-refractivity contribution in [2.75, 3.05) is 25.5 Å². The van der Waals surface area contributed by atoms with Crippen LogP contribution in [0, 0.1) is 11.8 Å². The van der Waals surface area contributed by atoms with Crippen LogP contribution in [0.15, 0.2) is 42.5 Å². The molecule has 0 radical (unpaired) electrons. The standard InChI is InChI=1S/C23H25ClN2O4/c1-29-18-5-7-19(8-6-18)30-21-9-4-17(24)14-20(21)25-22(27)15-10-12-26(13-11-15)23(28)16-2-3-16/h4-9,14-16H,2-3,10-13H2,1H3,(H,25,27). The van der Waals surface area contributed by atoms with E-state index in [-0.39, 0.29) is 23.7 Å². The zero-order valence-electron chi connectivity index (χ0n) is 16.9. The van der Waals surface area contributed by atoms with Gasteiger partial charge >= 0.3 is 0 Å². The van der Waals surface area contributed by atoms with E-state index in [9.17, 15) is 9.59 Å². The molecule has 0 bridgehead atoms. The number of carbonyl (C=O) groups is 2. The third kappa shape index (κ3) is 4.87. The van der Waals surface area contributed by atoms with Gasteiger partial charge in [0.05, 0.1) is 12.8 Å². The van der Waals surface area contributed by atoms with Gasteiger partial charge in [0.1, 0.15) is 11.5 Å². The number of hydrogen-bond acceptors (Lipinski definition) is 4. The van der Waals surface area contributed by atoms with Crippen molar-refractivity contribution in [3.05, 3.63) is 47.5 Å². The van der Waals surface area contributed by atoms with Crippen molar-refractivity contribution < 1.29 is 19.1 Å². The van der Waals surface area contributed by atoms with Gasteiger partial charge in [0.15, 0.2) is 5.75 Å². The monoisotopic (exact) mass is 428 g/mol. The molecule has 0 spiro atoms. The van der Waals surface area contributed by atoms with E-state index in [0.717, 1.165) is 18.6 Å². The highest BCUT2D eigenvalue weighted by Crippen LogP contribution is 2.35. The second kappa shape index (κ2) is 8.96. The van der Waals surface area contributed by atoms with Gasteiger partial charge in [-0.2, -0.15) is 0 Å². The Morgan fingerprint density at radius 1 is 0.967 bits per heavy atom. The lowest BCUT2D eigenvalue weighted by atomic mass is 9.95. The van der Waals surface area contributed by atoms with Crippen molar-refractivity contribution in [2.45, 2.75) is 25.7 Å². The number of benzene rings is 2. The van der Waals surface area contributed by atoms with Crippen LogP contribution in [0.2, 0.25) is 5.02 Å². The number of hydrogen-bond donors (Lipinski definition) is 1. The Bertz CT molecular complexity index is 919. The zero-order valence-corrected chi connectivity index (χ0v) is 17.7. The van der Waals surface area contributed by atoms with Crippen molar-refractivity contribution >= 4 is 29.1 Å². The topological polar surface area (TPSA) is 67.9 Å². The van der Waals surface area contributed by atoms with Crippen LogP contribution in [0.3, 0.4) is 0 Å². The summed E-state index contributed by atoms with van der Waals surface area (Å²) in [7, 11) is 1.61. The fourth-order valence-corrected chi connectivity index (χ4v) is 3.82. The van der Waals surface area contributed by atoms with E-state index in [1.165, 1.54) is 0 Å². The molecule has 30 heavy (non-hydrogen) atoms. The van der Waals surface area contributed by atoms with E-state index in [2.05, 4.69) is 5.32 Å². The second-order valence-electron chi connectivity index (χ2n) is 7.78. The van der Waals surface area contributed by atoms with Gasteiger partial charge in [-0.3, -0.25) is 9.59 Å². The Labute approximate surface area is 181 Å². The molecule has 2 aliphatic rings. The summed E-state index contributed by atoms with van der Waals surface area (Å²) in [5, 5.41) is 3.48. The van der Waals surface area contributed by atoms with Crippen LogP contribution >= 0.6 is 11.6 Å². The Morgan fingerprint density at radius 3 is 2.27 bits per heavy atom. The fraction of sp³-hybridized carbons (Fsp3) is 0.391. The van der Waals surface area contributed by atoms with Gasteiger partial charge in [-0.1, -0.05) is 11.6 Å². The molecule has 0 unspecified atom stereocenters. The largest absolute Gasteiger partial charge is 0.497 e. The van der Waals surface area contributed by atoms with Crippen molar-refractivity contribution in [2.24, 2.45) is 11.8 Å². The minimum atomic E-state index is -0.138. The highest BCUT2D eigenvalue weighted by atomic mass is 35.5. The predicted molar refractivity (Wildman–Crippen MR) is 115 cm³/mol. The molecular weight excluding hydrogens is 404 g/mol. The molecule has 1 aliphatic carbocycles. The Kier molecular flexibility index (Phi) is 6.13. The van der Waals surface area contributed by atoms with Gasteiger partial charge in [-0.25, -0.2) is 0 Å². The fourth-order valence-electron chi connectivity index (χ4n) is 3.64. The quantitative estimate of drug-likeness (QED) is 0.722. The number of rotatable bonds is 6. The lowest BCUT2D eigenvalue weighted by Crippen LogP contribution is -2.42. The minimum absolute atomic E-state index is 0.0737. The molecule has 2 fully saturated rings. The van der Waals surface area contributed by atoms with E-state index < -0.39 is 0 Å². The average Bonchev–Trinajstić information content (AvgIpc) is 3.61. The van der Waals surface area contributed by atoms with Crippen LogP contribution in [0.25, 0.3) is 0 Å². The second-order valence-corrected chi connectivity index (χ2v) is 8.22. The molecule has 1 aliphatic heterocycles. The summed E-state index contributed by atoms with van der Waals surface area (Å²) in [5.74, 6) is 2.13. The van der Waals surface area contributed by atoms with Gasteiger partial charge in [0.2, 0.25) is 11.8 Å². The number of anilines is 1. The first-order chi connectivity index (χ1) is 14.5. The number of nitrogens with zero attached hydrogens (tertiary/aromatic N) is 1. The molecule has 2 aromatic rings. The maximum atomic E-state index is 12.9. The smallest absolute Gasteiger partial charge is 0.227 e.